The van der Waals surface area contributed by atoms with Crippen LogP contribution in [0.3, 0.4) is 0 Å². The molecule has 0 radical (unpaired) electrons. The van der Waals surface area contributed by atoms with Crippen LogP contribution in [-0.2, 0) is 6.42 Å². The molecule has 0 N–H and O–H groups in total. The van der Waals surface area contributed by atoms with Gasteiger partial charge < -0.3 is 9.13 Å². The molecule has 0 atom stereocenters. The summed E-state index contributed by atoms with van der Waals surface area (Å²) in [7, 11) is 0. The number of nitrogens with zero attached hydrogens (tertiary/aromatic N) is 2. The fourth-order valence-corrected chi connectivity index (χ4v) is 5.50. The van der Waals surface area contributed by atoms with Crippen molar-refractivity contribution in [3.05, 3.63) is 93.7 Å². The van der Waals surface area contributed by atoms with E-state index in [1.807, 2.05) is 0 Å². The first kappa shape index (κ1) is 19.2. The molecule has 0 aliphatic carbocycles. The van der Waals surface area contributed by atoms with Crippen molar-refractivity contribution in [2.24, 2.45) is 0 Å². The van der Waals surface area contributed by atoms with Crippen molar-refractivity contribution in [3.63, 3.8) is 0 Å². The molecule has 0 bridgehead atoms. The summed E-state index contributed by atoms with van der Waals surface area (Å²) in [6, 6.07) is 24.0. The first-order valence-electron chi connectivity index (χ1n) is 10.5. The number of hydrogen-bond donors (Lipinski definition) is 0. The molecule has 3 aromatic carbocycles. The molecule has 0 fully saturated rings. The van der Waals surface area contributed by atoms with E-state index in [1.54, 1.807) is 0 Å². The molecule has 2 heterocycles. The molecular formula is C27H25BrN2. The second-order valence-electron chi connectivity index (χ2n) is 7.94. The number of aromatic nitrogens is 2. The van der Waals surface area contributed by atoms with Crippen molar-refractivity contribution in [1.82, 2.24) is 9.13 Å². The number of halogens is 1. The maximum atomic E-state index is 3.99. The summed E-state index contributed by atoms with van der Waals surface area (Å²) in [6.45, 7) is 8.89. The maximum Gasteiger partial charge on any atom is 0.0656 e. The molecule has 0 aliphatic rings. The van der Waals surface area contributed by atoms with E-state index >= 15 is 0 Å². The molecular weight excluding hydrogens is 432 g/mol. The fourth-order valence-electron chi connectivity index (χ4n) is 4.88. The average molecular weight is 457 g/mol. The number of hydrogen-bond acceptors (Lipinski definition) is 0. The highest BCUT2D eigenvalue weighted by Gasteiger charge is 2.19. The van der Waals surface area contributed by atoms with Crippen LogP contribution >= 0.6 is 15.9 Å². The first-order valence-corrected chi connectivity index (χ1v) is 11.3. The molecule has 0 saturated heterocycles. The highest BCUT2D eigenvalue weighted by Crippen LogP contribution is 2.37. The predicted molar refractivity (Wildman–Crippen MR) is 131 cm³/mol. The largest absolute Gasteiger partial charge is 0.312 e. The van der Waals surface area contributed by atoms with E-state index in [1.165, 1.54) is 55.7 Å². The van der Waals surface area contributed by atoms with E-state index in [0.717, 1.165) is 10.9 Å². The van der Waals surface area contributed by atoms with E-state index in [2.05, 4.69) is 119 Å². The van der Waals surface area contributed by atoms with Crippen LogP contribution in [0.25, 0.3) is 33.2 Å². The van der Waals surface area contributed by atoms with Crippen LogP contribution in [0.2, 0.25) is 0 Å². The van der Waals surface area contributed by atoms with Gasteiger partial charge >= 0.3 is 0 Å². The Morgan fingerprint density at radius 3 is 1.83 bits per heavy atom. The lowest BCUT2D eigenvalue weighted by Crippen LogP contribution is -2.03. The van der Waals surface area contributed by atoms with Crippen molar-refractivity contribution in [3.8, 4) is 11.4 Å². The molecule has 2 aromatic heterocycles. The minimum Gasteiger partial charge on any atom is -0.312 e. The Balaban J connectivity index is 1.83. The third-order valence-electron chi connectivity index (χ3n) is 6.46. The van der Waals surface area contributed by atoms with Gasteiger partial charge in [-0.2, -0.15) is 0 Å². The van der Waals surface area contributed by atoms with Gasteiger partial charge in [-0.25, -0.2) is 0 Å². The van der Waals surface area contributed by atoms with Gasteiger partial charge in [0, 0.05) is 22.2 Å². The van der Waals surface area contributed by atoms with E-state index in [9.17, 15) is 0 Å². The molecule has 30 heavy (non-hydrogen) atoms. The minimum atomic E-state index is 1.02. The van der Waals surface area contributed by atoms with Crippen LogP contribution in [0.5, 0.6) is 0 Å². The Bertz CT molecular complexity index is 1420. The molecule has 0 unspecified atom stereocenters. The summed E-state index contributed by atoms with van der Waals surface area (Å²) in [4.78, 5) is 0. The molecule has 2 nitrogen and oxygen atoms in total. The van der Waals surface area contributed by atoms with Crippen molar-refractivity contribution >= 4 is 37.7 Å². The van der Waals surface area contributed by atoms with Gasteiger partial charge in [0.05, 0.1) is 26.9 Å². The Hall–Kier alpha value is -2.78. The molecule has 0 saturated carbocycles. The quantitative estimate of drug-likeness (QED) is 0.261. The Labute approximate surface area is 185 Å². The Kier molecular flexibility index (Phi) is 4.59. The number of benzene rings is 3. The average Bonchev–Trinajstić information content (AvgIpc) is 3.19. The third kappa shape index (κ3) is 2.61. The lowest BCUT2D eigenvalue weighted by molar-refractivity contribution is 0.985. The Morgan fingerprint density at radius 1 is 0.667 bits per heavy atom. The first-order chi connectivity index (χ1) is 14.5. The SMILES string of the molecule is CCc1c(C)n(-c2cccc(-n3c(C)c(C)c4ccccc43)c2Br)c2ccccc12. The zero-order valence-corrected chi connectivity index (χ0v) is 19.4. The highest BCUT2D eigenvalue weighted by molar-refractivity contribution is 9.10. The van der Waals surface area contributed by atoms with Gasteiger partial charge in [-0.05, 0) is 78.5 Å². The van der Waals surface area contributed by atoms with Crippen LogP contribution in [0.1, 0.15) is 29.4 Å². The van der Waals surface area contributed by atoms with Gasteiger partial charge in [-0.1, -0.05) is 49.4 Å². The van der Waals surface area contributed by atoms with Gasteiger partial charge in [0.25, 0.3) is 0 Å². The van der Waals surface area contributed by atoms with Crippen molar-refractivity contribution < 1.29 is 0 Å². The van der Waals surface area contributed by atoms with Crippen molar-refractivity contribution in [1.29, 1.82) is 0 Å². The zero-order chi connectivity index (χ0) is 21.0. The molecule has 0 amide bonds. The van der Waals surface area contributed by atoms with Crippen molar-refractivity contribution in [2.45, 2.75) is 34.1 Å². The lowest BCUT2D eigenvalue weighted by atomic mass is 10.1. The van der Waals surface area contributed by atoms with E-state index in [-0.39, 0.29) is 0 Å². The summed E-state index contributed by atoms with van der Waals surface area (Å²) in [5, 5.41) is 2.65. The van der Waals surface area contributed by atoms with Crippen LogP contribution in [0.4, 0.5) is 0 Å². The molecule has 3 heteroatoms. The van der Waals surface area contributed by atoms with E-state index in [0.29, 0.717) is 0 Å². The summed E-state index contributed by atoms with van der Waals surface area (Å²) in [6.07, 6.45) is 1.02. The maximum absolute atomic E-state index is 3.99. The number of rotatable bonds is 3. The van der Waals surface area contributed by atoms with Crippen LogP contribution in [-0.4, -0.2) is 9.13 Å². The molecule has 5 aromatic rings. The number of para-hydroxylation sites is 2. The highest BCUT2D eigenvalue weighted by atomic mass is 79.9. The molecule has 0 spiro atoms. The molecule has 150 valence electrons. The van der Waals surface area contributed by atoms with Gasteiger partial charge in [-0.3, -0.25) is 0 Å². The van der Waals surface area contributed by atoms with Gasteiger partial charge in [0.15, 0.2) is 0 Å². The number of fused-ring (bicyclic) bond motifs is 2. The standard InChI is InChI=1S/C27H25BrN2/c1-5-20-19(4)30(24-14-9-7-12-22(20)24)26-16-10-15-25(27(26)28)29-18(3)17(2)21-11-6-8-13-23(21)29/h6-16H,5H2,1-4H3. The van der Waals surface area contributed by atoms with Gasteiger partial charge in [0.1, 0.15) is 0 Å². The smallest absolute Gasteiger partial charge is 0.0656 e. The third-order valence-corrected chi connectivity index (χ3v) is 7.28. The van der Waals surface area contributed by atoms with Gasteiger partial charge in [-0.15, -0.1) is 0 Å². The summed E-state index contributed by atoms with van der Waals surface area (Å²) in [5.41, 5.74) is 10.2. The monoisotopic (exact) mass is 456 g/mol. The second kappa shape index (κ2) is 7.17. The van der Waals surface area contributed by atoms with Crippen molar-refractivity contribution in [2.75, 3.05) is 0 Å². The lowest BCUT2D eigenvalue weighted by Gasteiger charge is -2.17. The number of aryl methyl sites for hydroxylation is 2. The zero-order valence-electron chi connectivity index (χ0n) is 17.8. The predicted octanol–water partition coefficient (Wildman–Crippen LogP) is 7.82. The van der Waals surface area contributed by atoms with E-state index in [4.69, 9.17) is 0 Å². The van der Waals surface area contributed by atoms with Crippen LogP contribution in [0, 0.1) is 20.8 Å². The van der Waals surface area contributed by atoms with Crippen LogP contribution < -0.4 is 0 Å². The molecule has 5 rings (SSSR count). The summed E-state index contributed by atoms with van der Waals surface area (Å²) in [5.74, 6) is 0. The topological polar surface area (TPSA) is 9.86 Å². The second-order valence-corrected chi connectivity index (χ2v) is 8.74. The summed E-state index contributed by atoms with van der Waals surface area (Å²) < 4.78 is 5.88. The van der Waals surface area contributed by atoms with E-state index < -0.39 is 0 Å². The summed E-state index contributed by atoms with van der Waals surface area (Å²) >= 11 is 3.99. The normalized spacial score (nSPS) is 11.6. The Morgan fingerprint density at radius 2 is 1.20 bits per heavy atom. The minimum absolute atomic E-state index is 1.02. The van der Waals surface area contributed by atoms with Crippen LogP contribution in [0.15, 0.2) is 71.2 Å². The van der Waals surface area contributed by atoms with Gasteiger partial charge in [0.2, 0.25) is 0 Å². The molecule has 0 aliphatic heterocycles. The fraction of sp³-hybridized carbons (Fsp3) is 0.185.